The van der Waals surface area contributed by atoms with Gasteiger partial charge in [0.2, 0.25) is 0 Å². The van der Waals surface area contributed by atoms with Crippen molar-refractivity contribution in [2.24, 2.45) is 11.3 Å². The Bertz CT molecular complexity index is 1420. The number of benzene rings is 2. The summed E-state index contributed by atoms with van der Waals surface area (Å²) in [6.45, 7) is 18.3. The molecule has 1 aliphatic rings. The number of unbranched alkanes of at least 4 members (excludes halogenated alkanes) is 2. The SMILES string of the molecule is C=C(C)C(=C)OCC(CO)(CO)COc1cc(CC)c(-c2ccc(C3CCC(CCCCC)CC3)cc2F)cc1CCCOC(=O)C(=C)C. The van der Waals surface area contributed by atoms with Crippen LogP contribution in [0.2, 0.25) is 0 Å². The molecule has 0 spiro atoms. The van der Waals surface area contributed by atoms with Crippen molar-refractivity contribution in [2.75, 3.05) is 33.0 Å². The van der Waals surface area contributed by atoms with Gasteiger partial charge in [-0.15, -0.1) is 0 Å². The molecule has 0 atom stereocenters. The molecular weight excluding hydrogens is 619 g/mol. The van der Waals surface area contributed by atoms with Crippen molar-refractivity contribution in [1.82, 2.24) is 0 Å². The standard InChI is InChI=1S/C42H59FO6/c1-8-10-11-13-32-15-17-34(18-16-32)35-19-20-37(39(43)23-35)38-22-36(14-12-21-47-41(46)30(5)6)40(24-33(38)9-2)49-28-42(25-44,26-45)27-48-31(7)29(3)4/h19-20,22-24,32,34,44-45H,3,5,7-18,21,25-28H2,1-2,4,6H3. The highest BCUT2D eigenvalue weighted by molar-refractivity contribution is 5.86. The molecule has 2 N–H and O–H groups in total. The van der Waals surface area contributed by atoms with Gasteiger partial charge in [-0.05, 0) is 117 Å². The molecule has 1 fully saturated rings. The van der Waals surface area contributed by atoms with Gasteiger partial charge in [-0.2, -0.15) is 0 Å². The second-order valence-corrected chi connectivity index (χ2v) is 14.0. The minimum absolute atomic E-state index is 0.0192. The topological polar surface area (TPSA) is 85.2 Å². The molecule has 0 aromatic heterocycles. The van der Waals surface area contributed by atoms with Crippen LogP contribution < -0.4 is 4.74 Å². The van der Waals surface area contributed by atoms with Crippen molar-refractivity contribution in [3.8, 4) is 16.9 Å². The smallest absolute Gasteiger partial charge is 0.333 e. The Hall–Kier alpha value is -3.42. The highest BCUT2D eigenvalue weighted by atomic mass is 19.1. The van der Waals surface area contributed by atoms with Crippen LogP contribution in [0.1, 0.15) is 108 Å². The van der Waals surface area contributed by atoms with Crippen molar-refractivity contribution in [3.05, 3.63) is 89.5 Å². The van der Waals surface area contributed by atoms with Gasteiger partial charge in [0, 0.05) is 11.1 Å². The van der Waals surface area contributed by atoms with Crippen molar-refractivity contribution in [2.45, 2.75) is 104 Å². The normalized spacial score (nSPS) is 16.2. The second kappa shape index (κ2) is 19.7. The van der Waals surface area contributed by atoms with Crippen LogP contribution in [0.4, 0.5) is 4.39 Å². The molecule has 0 saturated heterocycles. The first kappa shape index (κ1) is 40.0. The lowest BCUT2D eigenvalue weighted by Crippen LogP contribution is -2.41. The largest absolute Gasteiger partial charge is 0.493 e. The fourth-order valence-corrected chi connectivity index (χ4v) is 6.43. The first-order chi connectivity index (χ1) is 23.5. The summed E-state index contributed by atoms with van der Waals surface area (Å²) in [6, 6.07) is 9.63. The van der Waals surface area contributed by atoms with Gasteiger partial charge < -0.3 is 24.4 Å². The molecule has 0 aliphatic heterocycles. The summed E-state index contributed by atoms with van der Waals surface area (Å²) in [5, 5.41) is 20.5. The molecule has 0 unspecified atom stereocenters. The fraction of sp³-hybridized carbons (Fsp3) is 0.548. The van der Waals surface area contributed by atoms with E-state index < -0.39 is 11.4 Å². The molecule has 0 radical (unpaired) electrons. The molecule has 3 rings (SSSR count). The van der Waals surface area contributed by atoms with Crippen molar-refractivity contribution in [1.29, 1.82) is 0 Å². The lowest BCUT2D eigenvalue weighted by Gasteiger charge is -2.30. The minimum atomic E-state index is -1.10. The third-order valence-electron chi connectivity index (χ3n) is 9.89. The fourth-order valence-electron chi connectivity index (χ4n) is 6.43. The highest BCUT2D eigenvalue weighted by Gasteiger charge is 2.32. The zero-order chi connectivity index (χ0) is 36.0. The third-order valence-corrected chi connectivity index (χ3v) is 9.89. The lowest BCUT2D eigenvalue weighted by atomic mass is 9.76. The number of aliphatic hydroxyl groups is 2. The van der Waals surface area contributed by atoms with Gasteiger partial charge in [0.15, 0.2) is 0 Å². The van der Waals surface area contributed by atoms with Gasteiger partial charge in [-0.25, -0.2) is 9.18 Å². The summed E-state index contributed by atoms with van der Waals surface area (Å²) in [7, 11) is 0. The van der Waals surface area contributed by atoms with E-state index in [4.69, 9.17) is 14.2 Å². The number of rotatable bonds is 21. The quantitative estimate of drug-likeness (QED) is 0.0450. The molecular formula is C42H59FO6. The number of aliphatic hydroxyl groups excluding tert-OH is 2. The molecule has 1 saturated carbocycles. The Morgan fingerprint density at radius 2 is 1.59 bits per heavy atom. The predicted octanol–water partition coefficient (Wildman–Crippen LogP) is 9.42. The third kappa shape index (κ3) is 11.6. The van der Waals surface area contributed by atoms with E-state index in [2.05, 4.69) is 32.7 Å². The van der Waals surface area contributed by atoms with Crippen LogP contribution in [-0.2, 0) is 27.1 Å². The maximum Gasteiger partial charge on any atom is 0.333 e. The lowest BCUT2D eigenvalue weighted by molar-refractivity contribution is -0.139. The van der Waals surface area contributed by atoms with Crippen LogP contribution in [0, 0.1) is 17.2 Å². The number of carbonyl (C=O) groups excluding carboxylic acids is 1. The van der Waals surface area contributed by atoms with E-state index in [1.54, 1.807) is 19.9 Å². The number of esters is 1. The molecule has 7 heteroatoms. The van der Waals surface area contributed by atoms with Gasteiger partial charge in [0.25, 0.3) is 0 Å². The summed E-state index contributed by atoms with van der Waals surface area (Å²) in [5.74, 6) is 1.44. The highest BCUT2D eigenvalue weighted by Crippen LogP contribution is 2.40. The van der Waals surface area contributed by atoms with Gasteiger partial charge >= 0.3 is 5.97 Å². The van der Waals surface area contributed by atoms with Gasteiger partial charge in [-0.1, -0.05) is 71.4 Å². The number of allylic oxidation sites excluding steroid dienone is 1. The number of hydrogen-bond donors (Lipinski definition) is 2. The predicted molar refractivity (Wildman–Crippen MR) is 196 cm³/mol. The molecule has 49 heavy (non-hydrogen) atoms. The number of hydrogen-bond acceptors (Lipinski definition) is 6. The van der Waals surface area contributed by atoms with Crippen molar-refractivity contribution >= 4 is 5.97 Å². The summed E-state index contributed by atoms with van der Waals surface area (Å²) >= 11 is 0. The summed E-state index contributed by atoms with van der Waals surface area (Å²) in [5.41, 5.74) is 4.01. The van der Waals surface area contributed by atoms with Crippen LogP contribution in [0.25, 0.3) is 11.1 Å². The van der Waals surface area contributed by atoms with Crippen LogP contribution in [0.3, 0.4) is 0 Å². The Morgan fingerprint density at radius 3 is 2.18 bits per heavy atom. The average Bonchev–Trinajstić information content (AvgIpc) is 3.10. The first-order valence-electron chi connectivity index (χ1n) is 18.1. The van der Waals surface area contributed by atoms with E-state index >= 15 is 4.39 Å². The van der Waals surface area contributed by atoms with Crippen LogP contribution >= 0.6 is 0 Å². The molecule has 2 aromatic carbocycles. The Labute approximate surface area is 294 Å². The molecule has 0 bridgehead atoms. The molecule has 0 heterocycles. The molecule has 6 nitrogen and oxygen atoms in total. The maximum absolute atomic E-state index is 16.0. The van der Waals surface area contributed by atoms with E-state index in [1.807, 2.05) is 25.1 Å². The molecule has 2 aromatic rings. The van der Waals surface area contributed by atoms with Crippen molar-refractivity contribution < 1.29 is 33.6 Å². The van der Waals surface area contributed by atoms with E-state index in [0.29, 0.717) is 53.4 Å². The van der Waals surface area contributed by atoms with E-state index in [-0.39, 0.29) is 38.9 Å². The summed E-state index contributed by atoms with van der Waals surface area (Å²) in [4.78, 5) is 12.0. The Morgan fingerprint density at radius 1 is 0.878 bits per heavy atom. The second-order valence-electron chi connectivity index (χ2n) is 14.0. The number of ether oxygens (including phenoxy) is 3. The van der Waals surface area contributed by atoms with Crippen LogP contribution in [0.15, 0.2) is 67.0 Å². The van der Waals surface area contributed by atoms with E-state index in [9.17, 15) is 15.0 Å². The molecule has 270 valence electrons. The monoisotopic (exact) mass is 678 g/mol. The Kier molecular flexibility index (Phi) is 16.1. The van der Waals surface area contributed by atoms with E-state index in [1.165, 1.54) is 38.5 Å². The minimum Gasteiger partial charge on any atom is -0.493 e. The maximum atomic E-state index is 16.0. The number of aryl methyl sites for hydroxylation is 2. The number of carbonyl (C=O) groups is 1. The zero-order valence-electron chi connectivity index (χ0n) is 30.4. The Balaban J connectivity index is 1.87. The summed E-state index contributed by atoms with van der Waals surface area (Å²) < 4.78 is 33.4. The van der Waals surface area contributed by atoms with Gasteiger partial charge in [0.1, 0.15) is 30.5 Å². The van der Waals surface area contributed by atoms with E-state index in [0.717, 1.165) is 41.0 Å². The van der Waals surface area contributed by atoms with Crippen LogP contribution in [0.5, 0.6) is 5.75 Å². The first-order valence-corrected chi connectivity index (χ1v) is 18.1. The summed E-state index contributed by atoms with van der Waals surface area (Å²) in [6.07, 6.45) is 11.5. The zero-order valence-corrected chi connectivity index (χ0v) is 30.4. The van der Waals surface area contributed by atoms with Gasteiger partial charge in [0.05, 0.1) is 25.2 Å². The molecule has 0 amide bonds. The molecule has 1 aliphatic carbocycles. The van der Waals surface area contributed by atoms with Crippen molar-refractivity contribution in [3.63, 3.8) is 0 Å². The van der Waals surface area contributed by atoms with Crippen LogP contribution in [-0.4, -0.2) is 49.2 Å². The van der Waals surface area contributed by atoms with Gasteiger partial charge in [-0.3, -0.25) is 0 Å². The average molecular weight is 679 g/mol. The number of halogens is 1.